The topological polar surface area (TPSA) is 38.8 Å². The predicted octanol–water partition coefficient (Wildman–Crippen LogP) is 2.24. The normalized spacial score (nSPS) is 17.5. The number of benzene rings is 1. The standard InChI is InChI=1S/C19H32N4O/c1-4-23(5-2)19(24)20-17(3)15-21-11-13-22(14-12-21)16-18-9-7-6-8-10-18/h6-10,17H,4-5,11-16H2,1-3H3,(H,20,24)/t17-/m0/s1. The molecule has 0 spiro atoms. The highest BCUT2D eigenvalue weighted by atomic mass is 16.2. The Morgan fingerprint density at radius 1 is 1.08 bits per heavy atom. The number of hydrogen-bond acceptors (Lipinski definition) is 3. The number of hydrogen-bond donors (Lipinski definition) is 1. The summed E-state index contributed by atoms with van der Waals surface area (Å²) in [6, 6.07) is 10.9. The Balaban J connectivity index is 1.69. The lowest BCUT2D eigenvalue weighted by atomic mass is 10.2. The van der Waals surface area contributed by atoms with Gasteiger partial charge in [0.25, 0.3) is 0 Å². The summed E-state index contributed by atoms with van der Waals surface area (Å²) in [7, 11) is 0. The summed E-state index contributed by atoms with van der Waals surface area (Å²) in [5.41, 5.74) is 1.38. The van der Waals surface area contributed by atoms with E-state index in [0.717, 1.165) is 52.4 Å². The van der Waals surface area contributed by atoms with E-state index in [2.05, 4.69) is 52.4 Å². The van der Waals surface area contributed by atoms with Gasteiger partial charge in [0.1, 0.15) is 0 Å². The first-order valence-corrected chi connectivity index (χ1v) is 9.16. The molecule has 134 valence electrons. The largest absolute Gasteiger partial charge is 0.334 e. The molecule has 24 heavy (non-hydrogen) atoms. The van der Waals surface area contributed by atoms with Crippen LogP contribution in [0.2, 0.25) is 0 Å². The molecular weight excluding hydrogens is 300 g/mol. The fourth-order valence-electron chi connectivity index (χ4n) is 3.22. The molecule has 1 aliphatic rings. The Morgan fingerprint density at radius 3 is 2.25 bits per heavy atom. The van der Waals surface area contributed by atoms with Crippen molar-refractivity contribution in [1.29, 1.82) is 0 Å². The molecule has 5 heteroatoms. The van der Waals surface area contributed by atoms with Crippen molar-refractivity contribution in [3.8, 4) is 0 Å². The Kier molecular flexibility index (Phi) is 7.53. The summed E-state index contributed by atoms with van der Waals surface area (Å²) in [5.74, 6) is 0. The van der Waals surface area contributed by atoms with Gasteiger partial charge in [-0.15, -0.1) is 0 Å². The van der Waals surface area contributed by atoms with Gasteiger partial charge in [-0.2, -0.15) is 0 Å². The number of nitrogens with zero attached hydrogens (tertiary/aromatic N) is 3. The van der Waals surface area contributed by atoms with Gasteiger partial charge in [0, 0.05) is 58.4 Å². The maximum Gasteiger partial charge on any atom is 0.317 e. The van der Waals surface area contributed by atoms with Crippen LogP contribution in [0.4, 0.5) is 4.79 Å². The number of urea groups is 1. The fourth-order valence-corrected chi connectivity index (χ4v) is 3.22. The minimum Gasteiger partial charge on any atom is -0.334 e. The third-order valence-corrected chi connectivity index (χ3v) is 4.67. The van der Waals surface area contributed by atoms with Gasteiger partial charge in [0.05, 0.1) is 0 Å². The number of carbonyl (C=O) groups is 1. The van der Waals surface area contributed by atoms with Crippen LogP contribution in [-0.2, 0) is 6.54 Å². The van der Waals surface area contributed by atoms with Gasteiger partial charge < -0.3 is 10.2 Å². The molecule has 0 unspecified atom stereocenters. The average molecular weight is 332 g/mol. The number of nitrogens with one attached hydrogen (secondary N) is 1. The highest BCUT2D eigenvalue weighted by molar-refractivity contribution is 5.74. The van der Waals surface area contributed by atoms with Crippen LogP contribution in [0.5, 0.6) is 0 Å². The van der Waals surface area contributed by atoms with E-state index < -0.39 is 0 Å². The molecule has 0 aliphatic carbocycles. The summed E-state index contributed by atoms with van der Waals surface area (Å²) in [5, 5.41) is 3.11. The maximum atomic E-state index is 12.1. The van der Waals surface area contributed by atoms with E-state index in [1.54, 1.807) is 0 Å². The lowest BCUT2D eigenvalue weighted by molar-refractivity contribution is 0.119. The minimum absolute atomic E-state index is 0.0511. The summed E-state index contributed by atoms with van der Waals surface area (Å²) < 4.78 is 0. The molecule has 0 aromatic heterocycles. The van der Waals surface area contributed by atoms with E-state index in [1.807, 2.05) is 18.7 Å². The molecule has 0 bridgehead atoms. The molecule has 1 aliphatic heterocycles. The summed E-state index contributed by atoms with van der Waals surface area (Å²) in [4.78, 5) is 18.9. The van der Waals surface area contributed by atoms with Crippen molar-refractivity contribution in [2.24, 2.45) is 0 Å². The van der Waals surface area contributed by atoms with Crippen LogP contribution < -0.4 is 5.32 Å². The van der Waals surface area contributed by atoms with E-state index in [4.69, 9.17) is 0 Å². The smallest absolute Gasteiger partial charge is 0.317 e. The van der Waals surface area contributed by atoms with Crippen LogP contribution in [-0.4, -0.2) is 72.6 Å². The van der Waals surface area contributed by atoms with Crippen molar-refractivity contribution in [3.63, 3.8) is 0 Å². The second-order valence-electron chi connectivity index (χ2n) is 6.59. The zero-order chi connectivity index (χ0) is 17.4. The number of rotatable bonds is 7. The molecule has 0 radical (unpaired) electrons. The Labute approximate surface area is 146 Å². The Hall–Kier alpha value is -1.59. The lowest BCUT2D eigenvalue weighted by Gasteiger charge is -2.36. The van der Waals surface area contributed by atoms with Crippen molar-refractivity contribution in [2.45, 2.75) is 33.4 Å². The molecule has 1 heterocycles. The van der Waals surface area contributed by atoms with E-state index in [-0.39, 0.29) is 12.1 Å². The molecule has 1 saturated heterocycles. The molecule has 1 N–H and O–H groups in total. The van der Waals surface area contributed by atoms with Crippen molar-refractivity contribution >= 4 is 6.03 Å². The summed E-state index contributed by atoms with van der Waals surface area (Å²) in [6.07, 6.45) is 0. The first-order valence-electron chi connectivity index (χ1n) is 9.16. The van der Waals surface area contributed by atoms with Crippen LogP contribution in [0.3, 0.4) is 0 Å². The molecule has 5 nitrogen and oxygen atoms in total. The number of amides is 2. The molecule has 2 rings (SSSR count). The van der Waals surface area contributed by atoms with Crippen LogP contribution >= 0.6 is 0 Å². The molecule has 1 aromatic carbocycles. The zero-order valence-corrected chi connectivity index (χ0v) is 15.4. The van der Waals surface area contributed by atoms with Crippen LogP contribution in [0.25, 0.3) is 0 Å². The van der Waals surface area contributed by atoms with Crippen LogP contribution in [0.15, 0.2) is 30.3 Å². The van der Waals surface area contributed by atoms with Crippen molar-refractivity contribution in [1.82, 2.24) is 20.0 Å². The molecule has 0 saturated carbocycles. The predicted molar refractivity (Wildman–Crippen MR) is 99.1 cm³/mol. The molecule has 1 atom stereocenters. The second-order valence-corrected chi connectivity index (χ2v) is 6.59. The van der Waals surface area contributed by atoms with Gasteiger partial charge in [-0.25, -0.2) is 4.79 Å². The van der Waals surface area contributed by atoms with Crippen LogP contribution in [0.1, 0.15) is 26.3 Å². The van der Waals surface area contributed by atoms with E-state index in [9.17, 15) is 4.79 Å². The van der Waals surface area contributed by atoms with Gasteiger partial charge in [0.2, 0.25) is 0 Å². The first-order chi connectivity index (χ1) is 11.6. The van der Waals surface area contributed by atoms with E-state index >= 15 is 0 Å². The van der Waals surface area contributed by atoms with Gasteiger partial charge in [0.15, 0.2) is 0 Å². The Bertz CT molecular complexity index is 481. The molecule has 1 aromatic rings. The highest BCUT2D eigenvalue weighted by Crippen LogP contribution is 2.08. The van der Waals surface area contributed by atoms with Gasteiger partial charge in [-0.05, 0) is 26.3 Å². The molecule has 2 amide bonds. The third-order valence-electron chi connectivity index (χ3n) is 4.67. The highest BCUT2D eigenvalue weighted by Gasteiger charge is 2.20. The Morgan fingerprint density at radius 2 is 1.67 bits per heavy atom. The third kappa shape index (κ3) is 5.80. The van der Waals surface area contributed by atoms with Crippen LogP contribution in [0, 0.1) is 0 Å². The maximum absolute atomic E-state index is 12.1. The average Bonchev–Trinajstić information content (AvgIpc) is 2.58. The van der Waals surface area contributed by atoms with Crippen molar-refractivity contribution in [3.05, 3.63) is 35.9 Å². The SMILES string of the molecule is CCN(CC)C(=O)N[C@@H](C)CN1CCN(Cc2ccccc2)CC1. The van der Waals surface area contributed by atoms with E-state index in [0.29, 0.717) is 0 Å². The van der Waals surface area contributed by atoms with Crippen molar-refractivity contribution in [2.75, 3.05) is 45.8 Å². The van der Waals surface area contributed by atoms with E-state index in [1.165, 1.54) is 5.56 Å². The minimum atomic E-state index is 0.0511. The van der Waals surface area contributed by atoms with Gasteiger partial charge in [-0.3, -0.25) is 9.80 Å². The van der Waals surface area contributed by atoms with Crippen molar-refractivity contribution < 1.29 is 4.79 Å². The number of carbonyl (C=O) groups excluding carboxylic acids is 1. The molecule has 1 fully saturated rings. The monoisotopic (exact) mass is 332 g/mol. The molecular formula is C19H32N4O. The number of piperazine rings is 1. The summed E-state index contributed by atoms with van der Waals surface area (Å²) in [6.45, 7) is 13.9. The van der Waals surface area contributed by atoms with Gasteiger partial charge >= 0.3 is 6.03 Å². The quantitative estimate of drug-likeness (QED) is 0.832. The fraction of sp³-hybridized carbons (Fsp3) is 0.632. The second kappa shape index (κ2) is 9.64. The zero-order valence-electron chi connectivity index (χ0n) is 15.4. The first kappa shape index (κ1) is 18.7. The van der Waals surface area contributed by atoms with Gasteiger partial charge in [-0.1, -0.05) is 30.3 Å². The lowest BCUT2D eigenvalue weighted by Crippen LogP contribution is -2.52. The summed E-state index contributed by atoms with van der Waals surface area (Å²) >= 11 is 0.